The Balaban J connectivity index is 1.61. The van der Waals surface area contributed by atoms with Crippen molar-refractivity contribution in [2.45, 2.75) is 31.1 Å². The molecule has 3 heterocycles. The average molecular weight is 510 g/mol. The van der Waals surface area contributed by atoms with E-state index < -0.39 is 51.0 Å². The van der Waals surface area contributed by atoms with Crippen LogP contribution in [0.2, 0.25) is 5.02 Å². The van der Waals surface area contributed by atoms with Gasteiger partial charge in [-0.15, -0.1) is 0 Å². The average Bonchev–Trinajstić information content (AvgIpc) is 3.09. The molecule has 2 aromatic heterocycles. The molecule has 34 heavy (non-hydrogen) atoms. The lowest BCUT2D eigenvalue weighted by atomic mass is 10.1. The van der Waals surface area contributed by atoms with Crippen LogP contribution < -0.4 is 11.2 Å². The van der Waals surface area contributed by atoms with Crippen LogP contribution >= 0.6 is 20.2 Å². The number of rotatable bonds is 7. The van der Waals surface area contributed by atoms with E-state index in [1.165, 1.54) is 0 Å². The van der Waals surface area contributed by atoms with Crippen molar-refractivity contribution in [2.24, 2.45) is 0 Å². The van der Waals surface area contributed by atoms with Crippen molar-refractivity contribution in [3.05, 3.63) is 86.4 Å². The molecule has 4 atom stereocenters. The van der Waals surface area contributed by atoms with Gasteiger partial charge in [0, 0.05) is 23.5 Å². The predicted octanol–water partition coefficient (Wildman–Crippen LogP) is 0.621. The van der Waals surface area contributed by atoms with Crippen molar-refractivity contribution in [2.75, 3.05) is 6.61 Å². The fraction of sp³-hybridized carbons (Fsp3) is 0.286. The molecule has 4 unspecified atom stereocenters. The third-order valence-corrected chi connectivity index (χ3v) is 5.97. The maximum Gasteiger partial charge on any atom is 0.333 e. The van der Waals surface area contributed by atoms with E-state index in [1.807, 2.05) is 6.07 Å². The van der Waals surface area contributed by atoms with E-state index in [4.69, 9.17) is 26.1 Å². The van der Waals surface area contributed by atoms with Crippen molar-refractivity contribution in [3.8, 4) is 11.1 Å². The lowest BCUT2D eigenvalue weighted by molar-refractivity contribution is -0.0531. The molecule has 180 valence electrons. The Morgan fingerprint density at radius 2 is 1.85 bits per heavy atom. The van der Waals surface area contributed by atoms with Gasteiger partial charge in [-0.1, -0.05) is 23.7 Å². The minimum absolute atomic E-state index is 0.149. The number of hydrogen-bond donors (Lipinski definition) is 4. The molecule has 0 amide bonds. The van der Waals surface area contributed by atoms with E-state index >= 15 is 0 Å². The van der Waals surface area contributed by atoms with Gasteiger partial charge >= 0.3 is 14.3 Å². The lowest BCUT2D eigenvalue weighted by Gasteiger charge is -2.18. The molecule has 1 fully saturated rings. The van der Waals surface area contributed by atoms with Crippen LogP contribution in [0.4, 0.5) is 0 Å². The number of aromatic nitrogens is 3. The van der Waals surface area contributed by atoms with Crippen molar-refractivity contribution < 1.29 is 29.3 Å². The largest absolute Gasteiger partial charge is 0.387 e. The van der Waals surface area contributed by atoms with Crippen LogP contribution in [0.1, 0.15) is 11.9 Å². The summed E-state index contributed by atoms with van der Waals surface area (Å²) in [6.07, 6.45) is -2.70. The summed E-state index contributed by atoms with van der Waals surface area (Å²) in [5.74, 6) is 0. The van der Waals surface area contributed by atoms with E-state index in [0.717, 1.165) is 32.5 Å². The fourth-order valence-electron chi connectivity index (χ4n) is 3.68. The Morgan fingerprint density at radius 1 is 1.09 bits per heavy atom. The van der Waals surface area contributed by atoms with Crippen LogP contribution in [0.5, 0.6) is 0 Å². The van der Waals surface area contributed by atoms with Crippen molar-refractivity contribution in [1.82, 2.24) is 14.1 Å². The Hall–Kier alpha value is -2.47. The van der Waals surface area contributed by atoms with Gasteiger partial charge in [0.1, 0.15) is 18.3 Å². The second-order valence-corrected chi connectivity index (χ2v) is 8.77. The molecule has 1 saturated heterocycles. The minimum Gasteiger partial charge on any atom is -0.387 e. The van der Waals surface area contributed by atoms with Gasteiger partial charge in [0.25, 0.3) is 5.56 Å². The van der Waals surface area contributed by atoms with E-state index in [1.54, 1.807) is 36.5 Å². The number of pyridine rings is 1. The normalized spacial score (nSPS) is 22.4. The summed E-state index contributed by atoms with van der Waals surface area (Å²) in [7, 11) is -2.69. The highest BCUT2D eigenvalue weighted by Gasteiger charge is 2.44. The second-order valence-electron chi connectivity index (χ2n) is 7.57. The molecule has 1 aliphatic heterocycles. The quantitative estimate of drug-likeness (QED) is 0.335. The fourth-order valence-corrected chi connectivity index (χ4v) is 4.15. The zero-order valence-electron chi connectivity index (χ0n) is 17.5. The van der Waals surface area contributed by atoms with Gasteiger partial charge < -0.3 is 29.3 Å². The summed E-state index contributed by atoms with van der Waals surface area (Å²) < 4.78 is 12.1. The highest BCUT2D eigenvalue weighted by molar-refractivity contribution is 7.39. The first kappa shape index (κ1) is 24.6. The van der Waals surface area contributed by atoms with Gasteiger partial charge in [-0.3, -0.25) is 18.9 Å². The zero-order chi connectivity index (χ0) is 24.4. The zero-order valence-corrected chi connectivity index (χ0v) is 19.2. The standard InChI is InChI=1S/C21H21ClN3O8P/c22-14-3-1-2-12(8-14)13-4-6-23-15(9-13)10-25-17(26)5-7-24(21(25)29)20-19(28)18(27)16(33-20)11-32-34(30)31/h1-9,16,18-20,27-28,30-31H,10-11H2. The van der Waals surface area contributed by atoms with Crippen LogP contribution in [0.15, 0.2) is 64.4 Å². The number of nitrogens with zero attached hydrogens (tertiary/aromatic N) is 3. The van der Waals surface area contributed by atoms with Crippen LogP contribution in [0.3, 0.4) is 0 Å². The van der Waals surface area contributed by atoms with E-state index in [9.17, 15) is 19.8 Å². The van der Waals surface area contributed by atoms with Gasteiger partial charge in [-0.25, -0.2) is 4.79 Å². The van der Waals surface area contributed by atoms with E-state index in [2.05, 4.69) is 9.51 Å². The molecule has 4 N–H and O–H groups in total. The van der Waals surface area contributed by atoms with Crippen molar-refractivity contribution in [3.63, 3.8) is 0 Å². The van der Waals surface area contributed by atoms with Crippen molar-refractivity contribution in [1.29, 1.82) is 0 Å². The molecular formula is C21H21ClN3O8P. The number of benzene rings is 1. The lowest BCUT2D eigenvalue weighted by Crippen LogP contribution is -2.43. The molecule has 0 radical (unpaired) electrons. The number of halogens is 1. The first-order chi connectivity index (χ1) is 16.2. The first-order valence-electron chi connectivity index (χ1n) is 10.1. The molecule has 4 rings (SSSR count). The van der Waals surface area contributed by atoms with E-state index in [0.29, 0.717) is 10.7 Å². The Kier molecular flexibility index (Phi) is 7.56. The highest BCUT2D eigenvalue weighted by Crippen LogP contribution is 2.32. The summed E-state index contributed by atoms with van der Waals surface area (Å²) in [5, 5.41) is 21.1. The number of ether oxygens (including phenoxy) is 1. The molecule has 0 aliphatic carbocycles. The Bertz CT molecular complexity index is 1280. The first-order valence-corrected chi connectivity index (χ1v) is 11.6. The van der Waals surface area contributed by atoms with Gasteiger partial charge in [0.15, 0.2) is 6.23 Å². The molecule has 1 aliphatic rings. The molecule has 0 bridgehead atoms. The number of hydrogen-bond acceptors (Lipinski definition) is 9. The smallest absolute Gasteiger partial charge is 0.333 e. The van der Waals surface area contributed by atoms with Gasteiger partial charge in [-0.2, -0.15) is 0 Å². The molecular weight excluding hydrogens is 489 g/mol. The SMILES string of the molecule is O=c1ccn(C2OC(COP(O)O)C(O)C2O)c(=O)n1Cc1cc(-c2cccc(Cl)c2)ccn1. The van der Waals surface area contributed by atoms with Gasteiger partial charge in [0.2, 0.25) is 0 Å². The maximum atomic E-state index is 13.1. The van der Waals surface area contributed by atoms with Gasteiger partial charge in [-0.05, 0) is 35.4 Å². The molecule has 11 nitrogen and oxygen atoms in total. The molecule has 13 heteroatoms. The topological polar surface area (TPSA) is 156 Å². The summed E-state index contributed by atoms with van der Waals surface area (Å²) >= 11 is 6.07. The predicted molar refractivity (Wildman–Crippen MR) is 122 cm³/mol. The monoisotopic (exact) mass is 509 g/mol. The molecule has 1 aromatic carbocycles. The molecule has 0 saturated carbocycles. The summed E-state index contributed by atoms with van der Waals surface area (Å²) in [6, 6.07) is 11.8. The second kappa shape index (κ2) is 10.4. The van der Waals surface area contributed by atoms with Crippen LogP contribution in [0.25, 0.3) is 11.1 Å². The van der Waals surface area contributed by atoms with Crippen LogP contribution in [0, 0.1) is 0 Å². The minimum atomic E-state index is -2.69. The van der Waals surface area contributed by atoms with Gasteiger partial charge in [0.05, 0.1) is 18.8 Å². The van der Waals surface area contributed by atoms with E-state index in [-0.39, 0.29) is 6.54 Å². The number of aliphatic hydroxyl groups excluding tert-OH is 2. The summed E-state index contributed by atoms with van der Waals surface area (Å²) in [6.45, 7) is -0.563. The Labute approximate surface area is 199 Å². The Morgan fingerprint density at radius 3 is 2.59 bits per heavy atom. The van der Waals surface area contributed by atoms with Crippen molar-refractivity contribution >= 4 is 20.2 Å². The third kappa shape index (κ3) is 5.27. The highest BCUT2D eigenvalue weighted by atomic mass is 35.5. The van der Waals surface area contributed by atoms with Crippen LogP contribution in [-0.4, -0.2) is 59.0 Å². The van der Waals surface area contributed by atoms with Crippen LogP contribution in [-0.2, 0) is 15.8 Å². The summed E-state index contributed by atoms with van der Waals surface area (Å²) in [5.41, 5.74) is 0.702. The molecule has 0 spiro atoms. The summed E-state index contributed by atoms with van der Waals surface area (Å²) in [4.78, 5) is 47.6. The molecule has 3 aromatic rings. The third-order valence-electron chi connectivity index (χ3n) is 5.36. The number of aliphatic hydroxyl groups is 2. The maximum absolute atomic E-state index is 13.1.